The van der Waals surface area contributed by atoms with Gasteiger partial charge in [-0.15, -0.1) is 0 Å². The lowest BCUT2D eigenvalue weighted by Crippen LogP contribution is -2.21. The number of nitrogens with one attached hydrogen (secondary N) is 1. The van der Waals surface area contributed by atoms with Crippen molar-refractivity contribution in [2.45, 2.75) is 26.3 Å². The van der Waals surface area contributed by atoms with E-state index < -0.39 is 0 Å². The summed E-state index contributed by atoms with van der Waals surface area (Å²) >= 11 is 5.27. The maximum atomic E-state index is 12.4. The first-order valence-electron chi connectivity index (χ1n) is 6.36. The number of furan rings is 1. The number of benzene rings is 1. The van der Waals surface area contributed by atoms with Crippen LogP contribution >= 0.6 is 12.2 Å². The summed E-state index contributed by atoms with van der Waals surface area (Å²) in [6.45, 7) is 2.70. The first-order chi connectivity index (χ1) is 9.22. The first-order valence-corrected chi connectivity index (χ1v) is 6.77. The normalized spacial score (nSPS) is 11.4. The van der Waals surface area contributed by atoms with E-state index in [1.807, 2.05) is 24.3 Å². The number of hydrogen-bond acceptors (Lipinski definition) is 3. The highest BCUT2D eigenvalue weighted by molar-refractivity contribution is 7.71. The van der Waals surface area contributed by atoms with Gasteiger partial charge in [0.2, 0.25) is 5.58 Å². The van der Waals surface area contributed by atoms with Crippen molar-refractivity contribution in [3.05, 3.63) is 39.4 Å². The fourth-order valence-corrected chi connectivity index (χ4v) is 2.50. The van der Waals surface area contributed by atoms with Gasteiger partial charge in [-0.25, -0.2) is 0 Å². The monoisotopic (exact) mass is 274 g/mol. The Hall–Kier alpha value is -1.88. The van der Waals surface area contributed by atoms with Gasteiger partial charge in [0.05, 0.1) is 0 Å². The summed E-state index contributed by atoms with van der Waals surface area (Å²) in [5.74, 6) is 0. The van der Waals surface area contributed by atoms with Crippen LogP contribution in [0.5, 0.6) is 0 Å². The molecule has 19 heavy (non-hydrogen) atoms. The van der Waals surface area contributed by atoms with Crippen LogP contribution in [0.3, 0.4) is 0 Å². The van der Waals surface area contributed by atoms with E-state index >= 15 is 0 Å². The second-order valence-corrected chi connectivity index (χ2v) is 4.93. The van der Waals surface area contributed by atoms with Crippen molar-refractivity contribution in [3.8, 4) is 0 Å². The Bertz CT molecular complexity index is 857. The lowest BCUT2D eigenvalue weighted by Gasteiger charge is -2.04. The summed E-state index contributed by atoms with van der Waals surface area (Å²) in [5.41, 5.74) is 1.60. The van der Waals surface area contributed by atoms with Crippen LogP contribution in [0.25, 0.3) is 22.1 Å². The zero-order valence-corrected chi connectivity index (χ0v) is 11.4. The number of para-hydroxylation sites is 1. The summed E-state index contributed by atoms with van der Waals surface area (Å²) in [6, 6.07) is 7.57. The fourth-order valence-electron chi connectivity index (χ4n) is 2.23. The minimum absolute atomic E-state index is 0.150. The summed E-state index contributed by atoms with van der Waals surface area (Å²) < 4.78 is 7.68. The third-order valence-electron chi connectivity index (χ3n) is 3.25. The Morgan fingerprint density at radius 1 is 1.37 bits per heavy atom. The fraction of sp³-hybridized carbons (Fsp3) is 0.286. The van der Waals surface area contributed by atoms with E-state index in [1.54, 1.807) is 4.57 Å². The van der Waals surface area contributed by atoms with Crippen LogP contribution in [-0.4, -0.2) is 9.55 Å². The van der Waals surface area contributed by atoms with Gasteiger partial charge >= 0.3 is 0 Å². The zero-order chi connectivity index (χ0) is 13.4. The van der Waals surface area contributed by atoms with Gasteiger partial charge in [0, 0.05) is 11.9 Å². The topological polar surface area (TPSA) is 50.9 Å². The van der Waals surface area contributed by atoms with Crippen LogP contribution in [0.15, 0.2) is 33.5 Å². The summed E-state index contributed by atoms with van der Waals surface area (Å²) in [7, 11) is 0. The van der Waals surface area contributed by atoms with E-state index in [0.29, 0.717) is 28.0 Å². The van der Waals surface area contributed by atoms with Crippen molar-refractivity contribution in [2.75, 3.05) is 0 Å². The molecule has 2 aromatic heterocycles. The second kappa shape index (κ2) is 4.66. The molecule has 0 aliphatic carbocycles. The number of rotatable bonds is 3. The Labute approximate surface area is 114 Å². The number of aromatic nitrogens is 2. The average molecular weight is 274 g/mol. The van der Waals surface area contributed by atoms with E-state index in [1.165, 1.54) is 0 Å². The predicted octanol–water partition coefficient (Wildman–Crippen LogP) is 3.61. The van der Waals surface area contributed by atoms with Crippen LogP contribution in [0.4, 0.5) is 0 Å². The average Bonchev–Trinajstić information content (AvgIpc) is 2.78. The van der Waals surface area contributed by atoms with Crippen LogP contribution in [0, 0.1) is 4.77 Å². The molecule has 0 radical (unpaired) electrons. The third-order valence-corrected chi connectivity index (χ3v) is 3.57. The molecule has 2 heterocycles. The molecule has 3 rings (SSSR count). The van der Waals surface area contributed by atoms with Gasteiger partial charge in [-0.3, -0.25) is 9.36 Å². The van der Waals surface area contributed by atoms with Gasteiger partial charge in [0.15, 0.2) is 4.77 Å². The Morgan fingerprint density at radius 3 is 2.95 bits per heavy atom. The molecule has 1 aromatic carbocycles. The number of unbranched alkanes of at least 4 members (excludes halogenated alkanes) is 1. The maximum Gasteiger partial charge on any atom is 0.297 e. The van der Waals surface area contributed by atoms with E-state index in [0.717, 1.165) is 18.2 Å². The minimum Gasteiger partial charge on any atom is -0.449 e. The SMILES string of the molecule is CCCCn1c(=S)[nH]c2c(oc3ccccc32)c1=O. The van der Waals surface area contributed by atoms with Crippen molar-refractivity contribution in [2.24, 2.45) is 0 Å². The second-order valence-electron chi connectivity index (χ2n) is 4.54. The van der Waals surface area contributed by atoms with Gasteiger partial charge in [-0.2, -0.15) is 0 Å². The molecule has 0 saturated heterocycles. The molecule has 0 saturated carbocycles. The summed E-state index contributed by atoms with van der Waals surface area (Å²) in [6.07, 6.45) is 1.93. The molecule has 1 N–H and O–H groups in total. The van der Waals surface area contributed by atoms with Gasteiger partial charge in [-0.1, -0.05) is 25.5 Å². The van der Waals surface area contributed by atoms with E-state index in [4.69, 9.17) is 16.6 Å². The molecule has 0 fully saturated rings. The van der Waals surface area contributed by atoms with Gasteiger partial charge < -0.3 is 9.40 Å². The molecule has 0 atom stereocenters. The number of aromatic amines is 1. The van der Waals surface area contributed by atoms with Gasteiger partial charge in [-0.05, 0) is 30.8 Å². The molecular formula is C14H14N2O2S. The highest BCUT2D eigenvalue weighted by atomic mass is 32.1. The lowest BCUT2D eigenvalue weighted by atomic mass is 10.2. The van der Waals surface area contributed by atoms with Crippen molar-refractivity contribution < 1.29 is 4.42 Å². The highest BCUT2D eigenvalue weighted by Gasteiger charge is 2.12. The predicted molar refractivity (Wildman–Crippen MR) is 78.1 cm³/mol. The number of hydrogen-bond donors (Lipinski definition) is 1. The van der Waals surface area contributed by atoms with Crippen molar-refractivity contribution in [1.82, 2.24) is 9.55 Å². The van der Waals surface area contributed by atoms with E-state index in [2.05, 4.69) is 11.9 Å². The smallest absolute Gasteiger partial charge is 0.297 e. The van der Waals surface area contributed by atoms with Gasteiger partial charge in [0.1, 0.15) is 11.1 Å². The zero-order valence-electron chi connectivity index (χ0n) is 10.6. The molecule has 3 aromatic rings. The number of H-pyrrole nitrogens is 1. The molecule has 0 aliphatic rings. The molecule has 4 nitrogen and oxygen atoms in total. The lowest BCUT2D eigenvalue weighted by molar-refractivity contribution is 0.583. The van der Waals surface area contributed by atoms with E-state index in [-0.39, 0.29) is 5.56 Å². The van der Waals surface area contributed by atoms with E-state index in [9.17, 15) is 4.79 Å². The van der Waals surface area contributed by atoms with Crippen molar-refractivity contribution >= 4 is 34.3 Å². The molecule has 0 amide bonds. The minimum atomic E-state index is -0.150. The molecule has 0 unspecified atom stereocenters. The molecule has 98 valence electrons. The molecule has 0 aliphatic heterocycles. The quantitative estimate of drug-likeness (QED) is 0.742. The maximum absolute atomic E-state index is 12.4. The molecule has 5 heteroatoms. The standard InChI is InChI=1S/C14H14N2O2S/c1-2-3-8-16-13(17)12-11(15-14(16)19)9-6-4-5-7-10(9)18-12/h4-7H,2-3,8H2,1H3,(H,15,19). The van der Waals surface area contributed by atoms with Crippen LogP contribution in [-0.2, 0) is 6.54 Å². The molecular weight excluding hydrogens is 260 g/mol. The van der Waals surface area contributed by atoms with Crippen molar-refractivity contribution in [1.29, 1.82) is 0 Å². The Morgan fingerprint density at radius 2 is 2.16 bits per heavy atom. The molecule has 0 spiro atoms. The van der Waals surface area contributed by atoms with Crippen LogP contribution in [0.2, 0.25) is 0 Å². The summed E-state index contributed by atoms with van der Waals surface area (Å²) in [4.78, 5) is 15.5. The Balaban J connectivity index is 2.36. The third kappa shape index (κ3) is 1.90. The first kappa shape index (κ1) is 12.2. The highest BCUT2D eigenvalue weighted by Crippen LogP contribution is 2.24. The van der Waals surface area contributed by atoms with Gasteiger partial charge in [0.25, 0.3) is 5.56 Å². The largest absolute Gasteiger partial charge is 0.449 e. The number of nitrogens with zero attached hydrogens (tertiary/aromatic N) is 1. The van der Waals surface area contributed by atoms with Crippen LogP contribution in [0.1, 0.15) is 19.8 Å². The summed E-state index contributed by atoms with van der Waals surface area (Å²) in [5, 5.41) is 0.892. The molecule has 0 bridgehead atoms. The number of fused-ring (bicyclic) bond motifs is 3. The van der Waals surface area contributed by atoms with Crippen molar-refractivity contribution in [3.63, 3.8) is 0 Å². The van der Waals surface area contributed by atoms with Crippen LogP contribution < -0.4 is 5.56 Å². The Kier molecular flexibility index (Phi) is 2.98.